The normalized spacial score (nSPS) is 10.8. The standard InChI is InChI=1S/C20H19FN6O2/c1-27-18-5-4-13(6-12(18)10-23-27)24-19-17(21)11-22-20(26-19)25-14-7-15(28-2)9-16(8-14)29-3/h4-11H,1-3H3,(H2,22,24,25,26). The summed E-state index contributed by atoms with van der Waals surface area (Å²) in [5.41, 5.74) is 2.32. The van der Waals surface area contributed by atoms with E-state index in [-0.39, 0.29) is 11.8 Å². The first kappa shape index (κ1) is 18.5. The molecule has 2 heterocycles. The van der Waals surface area contributed by atoms with Gasteiger partial charge in [-0.15, -0.1) is 0 Å². The number of aromatic nitrogens is 4. The van der Waals surface area contributed by atoms with Crippen LogP contribution in [0.4, 0.5) is 27.5 Å². The highest BCUT2D eigenvalue weighted by atomic mass is 19.1. The molecule has 0 spiro atoms. The van der Waals surface area contributed by atoms with Crippen LogP contribution in [0.25, 0.3) is 10.9 Å². The number of ether oxygens (including phenoxy) is 2. The summed E-state index contributed by atoms with van der Waals surface area (Å²) in [5, 5.41) is 11.2. The Balaban J connectivity index is 1.60. The highest BCUT2D eigenvalue weighted by molar-refractivity contribution is 5.83. The van der Waals surface area contributed by atoms with Crippen LogP contribution in [0, 0.1) is 5.82 Å². The summed E-state index contributed by atoms with van der Waals surface area (Å²) >= 11 is 0. The van der Waals surface area contributed by atoms with Crippen LogP contribution >= 0.6 is 0 Å². The van der Waals surface area contributed by atoms with Gasteiger partial charge in [-0.25, -0.2) is 9.37 Å². The van der Waals surface area contributed by atoms with Crippen molar-refractivity contribution in [1.82, 2.24) is 19.7 Å². The lowest BCUT2D eigenvalue weighted by Crippen LogP contribution is -2.03. The molecule has 0 amide bonds. The minimum Gasteiger partial charge on any atom is -0.497 e. The molecule has 8 nitrogen and oxygen atoms in total. The zero-order chi connectivity index (χ0) is 20.4. The van der Waals surface area contributed by atoms with Gasteiger partial charge in [0.2, 0.25) is 5.95 Å². The third-order valence-electron chi connectivity index (χ3n) is 4.36. The Morgan fingerprint density at radius 2 is 1.69 bits per heavy atom. The van der Waals surface area contributed by atoms with Crippen LogP contribution in [0.3, 0.4) is 0 Å². The highest BCUT2D eigenvalue weighted by Crippen LogP contribution is 2.28. The number of hydrogen-bond donors (Lipinski definition) is 2. The molecule has 9 heteroatoms. The molecule has 0 aliphatic carbocycles. The predicted octanol–water partition coefficient (Wildman–Crippen LogP) is 4.01. The molecule has 2 aromatic carbocycles. The van der Waals surface area contributed by atoms with Gasteiger partial charge in [0, 0.05) is 42.0 Å². The largest absolute Gasteiger partial charge is 0.497 e. The molecule has 0 atom stereocenters. The Morgan fingerprint density at radius 3 is 2.41 bits per heavy atom. The Bertz CT molecular complexity index is 1150. The first-order valence-electron chi connectivity index (χ1n) is 8.77. The minimum atomic E-state index is -0.565. The second-order valence-electron chi connectivity index (χ2n) is 6.28. The SMILES string of the molecule is COc1cc(Nc2ncc(F)c(Nc3ccc4c(cnn4C)c3)n2)cc(OC)c1. The molecular weight excluding hydrogens is 375 g/mol. The first-order chi connectivity index (χ1) is 14.1. The van der Waals surface area contributed by atoms with Crippen molar-refractivity contribution in [2.45, 2.75) is 0 Å². The Hall–Kier alpha value is -3.88. The second kappa shape index (κ2) is 7.63. The highest BCUT2D eigenvalue weighted by Gasteiger charge is 2.10. The van der Waals surface area contributed by atoms with E-state index < -0.39 is 5.82 Å². The number of methoxy groups -OCH3 is 2. The lowest BCUT2D eigenvalue weighted by molar-refractivity contribution is 0.395. The molecule has 0 unspecified atom stereocenters. The number of halogens is 1. The van der Waals surface area contributed by atoms with E-state index >= 15 is 0 Å². The maximum Gasteiger partial charge on any atom is 0.229 e. The molecule has 4 rings (SSSR count). The van der Waals surface area contributed by atoms with Crippen LogP contribution in [0.2, 0.25) is 0 Å². The quantitative estimate of drug-likeness (QED) is 0.511. The van der Waals surface area contributed by atoms with Gasteiger partial charge in [-0.2, -0.15) is 10.1 Å². The molecule has 2 N–H and O–H groups in total. The number of aryl methyl sites for hydroxylation is 1. The number of nitrogens with zero attached hydrogens (tertiary/aromatic N) is 4. The van der Waals surface area contributed by atoms with Gasteiger partial charge in [0.15, 0.2) is 11.6 Å². The van der Waals surface area contributed by atoms with E-state index in [9.17, 15) is 4.39 Å². The van der Waals surface area contributed by atoms with Crippen molar-refractivity contribution in [1.29, 1.82) is 0 Å². The molecule has 148 valence electrons. The molecule has 0 saturated carbocycles. The zero-order valence-electron chi connectivity index (χ0n) is 16.1. The molecule has 4 aromatic rings. The van der Waals surface area contributed by atoms with Gasteiger partial charge in [-0.1, -0.05) is 0 Å². The van der Waals surface area contributed by atoms with Crippen molar-refractivity contribution in [2.75, 3.05) is 24.9 Å². The Labute approximate surface area is 166 Å². The van der Waals surface area contributed by atoms with E-state index in [2.05, 4.69) is 25.7 Å². The third kappa shape index (κ3) is 3.88. The van der Waals surface area contributed by atoms with Crippen molar-refractivity contribution < 1.29 is 13.9 Å². The number of anilines is 4. The fourth-order valence-electron chi connectivity index (χ4n) is 2.90. The summed E-state index contributed by atoms with van der Waals surface area (Å²) in [6.45, 7) is 0. The second-order valence-corrected chi connectivity index (χ2v) is 6.28. The molecule has 0 aliphatic rings. The monoisotopic (exact) mass is 394 g/mol. The average Bonchev–Trinajstić information content (AvgIpc) is 3.10. The van der Waals surface area contributed by atoms with Gasteiger partial charge in [0.1, 0.15) is 11.5 Å². The molecule has 0 fully saturated rings. The maximum absolute atomic E-state index is 14.3. The third-order valence-corrected chi connectivity index (χ3v) is 4.36. The number of nitrogens with one attached hydrogen (secondary N) is 2. The van der Waals surface area contributed by atoms with Crippen LogP contribution in [0.15, 0.2) is 48.8 Å². The number of rotatable bonds is 6. The lowest BCUT2D eigenvalue weighted by Gasteiger charge is -2.11. The van der Waals surface area contributed by atoms with E-state index in [1.807, 2.05) is 25.2 Å². The minimum absolute atomic E-state index is 0.0561. The van der Waals surface area contributed by atoms with Crippen LogP contribution in [-0.2, 0) is 7.05 Å². The van der Waals surface area contributed by atoms with Gasteiger partial charge in [-0.05, 0) is 18.2 Å². The molecule has 0 saturated heterocycles. The van der Waals surface area contributed by atoms with E-state index in [1.54, 1.807) is 43.3 Å². The summed E-state index contributed by atoms with van der Waals surface area (Å²) in [4.78, 5) is 8.26. The number of hydrogen-bond acceptors (Lipinski definition) is 7. The van der Waals surface area contributed by atoms with E-state index in [1.165, 1.54) is 0 Å². The van der Waals surface area contributed by atoms with Crippen molar-refractivity contribution in [3.8, 4) is 11.5 Å². The van der Waals surface area contributed by atoms with E-state index in [0.29, 0.717) is 22.9 Å². The van der Waals surface area contributed by atoms with Crippen LogP contribution in [0.5, 0.6) is 11.5 Å². The summed E-state index contributed by atoms with van der Waals surface area (Å²) in [6.07, 6.45) is 2.86. The van der Waals surface area contributed by atoms with Crippen LogP contribution in [0.1, 0.15) is 0 Å². The van der Waals surface area contributed by atoms with Gasteiger partial charge in [-0.3, -0.25) is 4.68 Å². The summed E-state index contributed by atoms with van der Waals surface area (Å²) in [5.74, 6) is 0.937. The fraction of sp³-hybridized carbons (Fsp3) is 0.150. The van der Waals surface area contributed by atoms with Crippen molar-refractivity contribution in [3.63, 3.8) is 0 Å². The Morgan fingerprint density at radius 1 is 0.931 bits per heavy atom. The smallest absolute Gasteiger partial charge is 0.229 e. The Kier molecular flexibility index (Phi) is 4.86. The predicted molar refractivity (Wildman–Crippen MR) is 109 cm³/mol. The van der Waals surface area contributed by atoms with Gasteiger partial charge >= 0.3 is 0 Å². The molecule has 0 aliphatic heterocycles. The average molecular weight is 394 g/mol. The fourth-order valence-corrected chi connectivity index (χ4v) is 2.90. The number of fused-ring (bicyclic) bond motifs is 1. The molecule has 0 radical (unpaired) electrons. The summed E-state index contributed by atoms with van der Waals surface area (Å²) < 4.78 is 26.6. The molecular formula is C20H19FN6O2. The van der Waals surface area contributed by atoms with Crippen molar-refractivity contribution in [3.05, 3.63) is 54.6 Å². The molecule has 0 bridgehead atoms. The van der Waals surface area contributed by atoms with Gasteiger partial charge in [0.25, 0.3) is 0 Å². The molecule has 2 aromatic heterocycles. The van der Waals surface area contributed by atoms with E-state index in [4.69, 9.17) is 9.47 Å². The van der Waals surface area contributed by atoms with E-state index in [0.717, 1.165) is 17.1 Å². The van der Waals surface area contributed by atoms with Crippen LogP contribution < -0.4 is 20.1 Å². The van der Waals surface area contributed by atoms with Crippen molar-refractivity contribution >= 4 is 34.0 Å². The van der Waals surface area contributed by atoms with Gasteiger partial charge in [0.05, 0.1) is 32.1 Å². The lowest BCUT2D eigenvalue weighted by atomic mass is 10.2. The first-order valence-corrected chi connectivity index (χ1v) is 8.77. The van der Waals surface area contributed by atoms with Gasteiger partial charge < -0.3 is 20.1 Å². The molecule has 29 heavy (non-hydrogen) atoms. The van der Waals surface area contributed by atoms with Crippen molar-refractivity contribution in [2.24, 2.45) is 7.05 Å². The van der Waals surface area contributed by atoms with Crippen LogP contribution in [-0.4, -0.2) is 34.0 Å². The summed E-state index contributed by atoms with van der Waals surface area (Å²) in [7, 11) is 4.99. The zero-order valence-corrected chi connectivity index (χ0v) is 16.1. The number of benzene rings is 2. The maximum atomic E-state index is 14.3. The summed E-state index contributed by atoms with van der Waals surface area (Å²) in [6, 6.07) is 10.9. The topological polar surface area (TPSA) is 86.1 Å².